The molecule has 1 atom stereocenters. The molecule has 0 spiro atoms. The standard InChI is InChI=1S/C11H13FN2O/c1-2-8(7-15)14-11-5-3-4-10(12)9(11)6-13/h3-5,8,14-15H,2,7H2,1H3. The van der Waals surface area contributed by atoms with Crippen molar-refractivity contribution >= 4 is 5.69 Å². The highest BCUT2D eigenvalue weighted by Gasteiger charge is 2.10. The summed E-state index contributed by atoms with van der Waals surface area (Å²) in [5.41, 5.74) is 0.419. The van der Waals surface area contributed by atoms with Gasteiger partial charge in [0.2, 0.25) is 0 Å². The van der Waals surface area contributed by atoms with Gasteiger partial charge in [0.05, 0.1) is 12.3 Å². The van der Waals surface area contributed by atoms with E-state index in [1.54, 1.807) is 12.1 Å². The summed E-state index contributed by atoms with van der Waals surface area (Å²) in [6.45, 7) is 1.86. The Morgan fingerprint density at radius 2 is 2.33 bits per heavy atom. The smallest absolute Gasteiger partial charge is 0.143 e. The zero-order chi connectivity index (χ0) is 11.3. The lowest BCUT2D eigenvalue weighted by Crippen LogP contribution is -2.23. The second-order valence-electron chi connectivity index (χ2n) is 3.21. The molecule has 0 aliphatic heterocycles. The summed E-state index contributed by atoms with van der Waals surface area (Å²) < 4.78 is 13.2. The van der Waals surface area contributed by atoms with Crippen LogP contribution in [0.25, 0.3) is 0 Å². The number of nitrogens with one attached hydrogen (secondary N) is 1. The summed E-state index contributed by atoms with van der Waals surface area (Å²) in [6, 6.07) is 6.04. The number of benzene rings is 1. The van der Waals surface area contributed by atoms with Crippen LogP contribution >= 0.6 is 0 Å². The predicted molar refractivity (Wildman–Crippen MR) is 55.9 cm³/mol. The Labute approximate surface area is 88.2 Å². The number of hydrogen-bond donors (Lipinski definition) is 2. The fourth-order valence-electron chi connectivity index (χ4n) is 1.25. The van der Waals surface area contributed by atoms with Crippen molar-refractivity contribution in [2.75, 3.05) is 11.9 Å². The van der Waals surface area contributed by atoms with Crippen molar-refractivity contribution in [1.29, 1.82) is 5.26 Å². The molecule has 2 N–H and O–H groups in total. The maximum Gasteiger partial charge on any atom is 0.143 e. The van der Waals surface area contributed by atoms with E-state index in [1.165, 1.54) is 12.1 Å². The minimum Gasteiger partial charge on any atom is -0.394 e. The maximum absolute atomic E-state index is 13.2. The molecule has 0 heterocycles. The summed E-state index contributed by atoms with van der Waals surface area (Å²) >= 11 is 0. The first-order chi connectivity index (χ1) is 7.22. The topological polar surface area (TPSA) is 56.0 Å². The van der Waals surface area contributed by atoms with Crippen molar-refractivity contribution in [3.63, 3.8) is 0 Å². The molecular weight excluding hydrogens is 195 g/mol. The Bertz CT molecular complexity index is 369. The van der Waals surface area contributed by atoms with E-state index in [-0.39, 0.29) is 18.2 Å². The van der Waals surface area contributed by atoms with Gasteiger partial charge in [-0.25, -0.2) is 4.39 Å². The van der Waals surface area contributed by atoms with Crippen LogP contribution in [0.15, 0.2) is 18.2 Å². The van der Waals surface area contributed by atoms with Crippen LogP contribution in [0, 0.1) is 17.1 Å². The van der Waals surface area contributed by atoms with E-state index < -0.39 is 5.82 Å². The van der Waals surface area contributed by atoms with E-state index in [0.29, 0.717) is 12.1 Å². The average Bonchev–Trinajstić information content (AvgIpc) is 2.26. The van der Waals surface area contributed by atoms with E-state index >= 15 is 0 Å². The minimum atomic E-state index is -0.546. The molecule has 0 saturated carbocycles. The number of hydrogen-bond acceptors (Lipinski definition) is 3. The molecule has 4 heteroatoms. The third kappa shape index (κ3) is 2.67. The van der Waals surface area contributed by atoms with Crippen molar-refractivity contribution in [2.45, 2.75) is 19.4 Å². The van der Waals surface area contributed by atoms with Crippen molar-refractivity contribution in [1.82, 2.24) is 0 Å². The molecule has 1 unspecified atom stereocenters. The van der Waals surface area contributed by atoms with Gasteiger partial charge in [-0.1, -0.05) is 13.0 Å². The first-order valence-corrected chi connectivity index (χ1v) is 4.79. The van der Waals surface area contributed by atoms with E-state index in [0.717, 1.165) is 0 Å². The predicted octanol–water partition coefficient (Wildman–Crippen LogP) is 1.88. The van der Waals surface area contributed by atoms with E-state index in [9.17, 15) is 4.39 Å². The average molecular weight is 208 g/mol. The van der Waals surface area contributed by atoms with E-state index in [4.69, 9.17) is 10.4 Å². The van der Waals surface area contributed by atoms with Crippen molar-refractivity contribution < 1.29 is 9.50 Å². The van der Waals surface area contributed by atoms with Crippen molar-refractivity contribution in [3.8, 4) is 6.07 Å². The van der Waals surface area contributed by atoms with Gasteiger partial charge in [-0.15, -0.1) is 0 Å². The second kappa shape index (κ2) is 5.32. The fourth-order valence-corrected chi connectivity index (χ4v) is 1.25. The molecule has 0 aliphatic carbocycles. The highest BCUT2D eigenvalue weighted by atomic mass is 19.1. The molecule has 0 amide bonds. The number of nitriles is 1. The van der Waals surface area contributed by atoms with E-state index in [1.807, 2.05) is 6.92 Å². The van der Waals surface area contributed by atoms with Crippen LogP contribution in [-0.2, 0) is 0 Å². The lowest BCUT2D eigenvalue weighted by atomic mass is 10.1. The Kier molecular flexibility index (Phi) is 4.07. The fraction of sp³-hybridized carbons (Fsp3) is 0.364. The Morgan fingerprint density at radius 1 is 1.60 bits per heavy atom. The van der Waals surface area contributed by atoms with Crippen LogP contribution in [0.5, 0.6) is 0 Å². The molecule has 0 fully saturated rings. The van der Waals surface area contributed by atoms with Gasteiger partial charge in [-0.3, -0.25) is 0 Å². The number of nitrogens with zero attached hydrogens (tertiary/aromatic N) is 1. The molecule has 80 valence electrons. The Morgan fingerprint density at radius 3 is 2.87 bits per heavy atom. The summed E-state index contributed by atoms with van der Waals surface area (Å²) in [6.07, 6.45) is 0.706. The normalized spacial score (nSPS) is 11.9. The zero-order valence-corrected chi connectivity index (χ0v) is 8.50. The molecule has 15 heavy (non-hydrogen) atoms. The number of aliphatic hydroxyl groups excluding tert-OH is 1. The molecule has 3 nitrogen and oxygen atoms in total. The first-order valence-electron chi connectivity index (χ1n) is 4.79. The van der Waals surface area contributed by atoms with Gasteiger partial charge in [0.15, 0.2) is 0 Å². The minimum absolute atomic E-state index is 0.00981. The number of anilines is 1. The number of halogens is 1. The van der Waals surface area contributed by atoms with Gasteiger partial charge in [-0.05, 0) is 18.6 Å². The van der Waals surface area contributed by atoms with Gasteiger partial charge < -0.3 is 10.4 Å². The molecule has 0 radical (unpaired) electrons. The molecule has 1 aromatic carbocycles. The van der Waals surface area contributed by atoms with Gasteiger partial charge in [0, 0.05) is 6.04 Å². The van der Waals surface area contributed by atoms with Crippen LogP contribution in [-0.4, -0.2) is 17.8 Å². The monoisotopic (exact) mass is 208 g/mol. The molecule has 1 aromatic rings. The van der Waals surface area contributed by atoms with Crippen molar-refractivity contribution in [2.24, 2.45) is 0 Å². The highest BCUT2D eigenvalue weighted by Crippen LogP contribution is 2.18. The SMILES string of the molecule is CCC(CO)Nc1cccc(F)c1C#N. The maximum atomic E-state index is 13.2. The highest BCUT2D eigenvalue weighted by molar-refractivity contribution is 5.58. The molecule has 0 aromatic heterocycles. The molecule has 0 saturated heterocycles. The second-order valence-corrected chi connectivity index (χ2v) is 3.21. The van der Waals surface area contributed by atoms with Gasteiger partial charge in [0.25, 0.3) is 0 Å². The van der Waals surface area contributed by atoms with Crippen LogP contribution in [0.2, 0.25) is 0 Å². The van der Waals surface area contributed by atoms with Crippen LogP contribution in [0.1, 0.15) is 18.9 Å². The Hall–Kier alpha value is -1.60. The quantitative estimate of drug-likeness (QED) is 0.794. The third-order valence-corrected chi connectivity index (χ3v) is 2.20. The largest absolute Gasteiger partial charge is 0.394 e. The molecule has 1 rings (SSSR count). The summed E-state index contributed by atoms with van der Waals surface area (Å²) in [4.78, 5) is 0. The Balaban J connectivity index is 2.95. The molecule has 0 bridgehead atoms. The van der Waals surface area contributed by atoms with Gasteiger partial charge in [-0.2, -0.15) is 5.26 Å². The van der Waals surface area contributed by atoms with Gasteiger partial charge >= 0.3 is 0 Å². The summed E-state index contributed by atoms with van der Waals surface area (Å²) in [5.74, 6) is -0.546. The molecule has 0 aliphatic rings. The summed E-state index contributed by atoms with van der Waals surface area (Å²) in [5, 5.41) is 20.7. The van der Waals surface area contributed by atoms with Gasteiger partial charge in [0.1, 0.15) is 17.4 Å². The first kappa shape index (κ1) is 11.5. The number of aliphatic hydroxyl groups is 1. The third-order valence-electron chi connectivity index (χ3n) is 2.20. The van der Waals surface area contributed by atoms with Crippen LogP contribution in [0.3, 0.4) is 0 Å². The zero-order valence-electron chi connectivity index (χ0n) is 8.50. The van der Waals surface area contributed by atoms with E-state index in [2.05, 4.69) is 5.32 Å². The molecular formula is C11H13FN2O. The number of rotatable bonds is 4. The van der Waals surface area contributed by atoms with Crippen LogP contribution in [0.4, 0.5) is 10.1 Å². The lowest BCUT2D eigenvalue weighted by Gasteiger charge is -2.16. The lowest BCUT2D eigenvalue weighted by molar-refractivity contribution is 0.272. The van der Waals surface area contributed by atoms with Crippen molar-refractivity contribution in [3.05, 3.63) is 29.6 Å². The summed E-state index contributed by atoms with van der Waals surface area (Å²) in [7, 11) is 0. The van der Waals surface area contributed by atoms with Crippen LogP contribution < -0.4 is 5.32 Å².